The number of aryl methyl sites for hydroxylation is 1. The van der Waals surface area contributed by atoms with Gasteiger partial charge in [-0.2, -0.15) is 0 Å². The van der Waals surface area contributed by atoms with Crippen LogP contribution in [0, 0.1) is 25.7 Å². The van der Waals surface area contributed by atoms with Crippen molar-refractivity contribution in [1.29, 1.82) is 0 Å². The van der Waals surface area contributed by atoms with Crippen LogP contribution in [0.25, 0.3) is 0 Å². The Kier molecular flexibility index (Phi) is 15.3. The van der Waals surface area contributed by atoms with Crippen LogP contribution in [0.3, 0.4) is 0 Å². The largest absolute Gasteiger partial charge is 0.478 e. The number of nitrogens with one attached hydrogen (secondary N) is 1. The molecular weight excluding hydrogens is 422 g/mol. The summed E-state index contributed by atoms with van der Waals surface area (Å²) in [5.41, 5.74) is 0.987. The summed E-state index contributed by atoms with van der Waals surface area (Å²) in [5, 5.41) is 21.0. The smallest absolute Gasteiger partial charge is 0.337 e. The molecule has 0 aliphatic carbocycles. The van der Waals surface area contributed by atoms with Crippen molar-refractivity contribution in [2.24, 2.45) is 11.8 Å². The van der Waals surface area contributed by atoms with Gasteiger partial charge in [-0.3, -0.25) is 0 Å². The first kappa shape index (κ1) is 31.0. The number of carbonyl (C=O) groups is 1. The minimum absolute atomic E-state index is 0.397. The molecule has 1 unspecified atom stereocenters. The van der Waals surface area contributed by atoms with E-state index in [0.717, 1.165) is 59.9 Å². The van der Waals surface area contributed by atoms with Gasteiger partial charge in [-0.1, -0.05) is 34.1 Å². The fourth-order valence-corrected chi connectivity index (χ4v) is 4.76. The monoisotopic (exact) mass is 471 g/mol. The van der Waals surface area contributed by atoms with E-state index in [1.807, 2.05) is 13.8 Å². The molecular formula is C26H49NO4S. The van der Waals surface area contributed by atoms with Crippen molar-refractivity contribution in [1.82, 2.24) is 5.32 Å². The standard InChI is InChI=1S/C11H15NO2S.C8H16O.C4H10O.C3H8/c1-6-7(2)15-10(9(6)11(13)14)8-3-4-12-5-8;1-7(2)8-3-5-9-6-4-8;1-4(2,3)5;1-3-2/h8,12H,3-5H2,1-2H3,(H,13,14);7-8H,3-6H2,1-2H3;5H,1-3H3;3H2,1-2H3. The topological polar surface area (TPSA) is 78.8 Å². The predicted molar refractivity (Wildman–Crippen MR) is 137 cm³/mol. The summed E-state index contributed by atoms with van der Waals surface area (Å²) >= 11 is 1.65. The molecule has 6 heteroatoms. The molecule has 0 spiro atoms. The number of thiophene rings is 1. The number of aliphatic hydroxyl groups is 1. The summed E-state index contributed by atoms with van der Waals surface area (Å²) in [4.78, 5) is 13.4. The molecule has 1 atom stereocenters. The maximum Gasteiger partial charge on any atom is 0.337 e. The third-order valence-electron chi connectivity index (χ3n) is 5.27. The first-order valence-electron chi connectivity index (χ1n) is 12.2. The molecule has 0 aromatic carbocycles. The zero-order chi connectivity index (χ0) is 24.9. The molecule has 0 amide bonds. The summed E-state index contributed by atoms with van der Waals surface area (Å²) < 4.78 is 5.25. The van der Waals surface area contributed by atoms with Crippen molar-refractivity contribution in [2.75, 3.05) is 26.3 Å². The van der Waals surface area contributed by atoms with E-state index < -0.39 is 11.6 Å². The van der Waals surface area contributed by atoms with Gasteiger partial charge in [-0.25, -0.2) is 4.79 Å². The maximum atomic E-state index is 11.2. The Labute approximate surface area is 201 Å². The average molecular weight is 472 g/mol. The number of hydrogen-bond acceptors (Lipinski definition) is 5. The van der Waals surface area contributed by atoms with E-state index in [2.05, 4.69) is 33.0 Å². The van der Waals surface area contributed by atoms with Crippen LogP contribution in [0.15, 0.2) is 0 Å². The molecule has 32 heavy (non-hydrogen) atoms. The second-order valence-electron chi connectivity index (χ2n) is 10.1. The Morgan fingerprint density at radius 2 is 1.66 bits per heavy atom. The maximum absolute atomic E-state index is 11.2. The van der Waals surface area contributed by atoms with E-state index in [-0.39, 0.29) is 0 Å². The highest BCUT2D eigenvalue weighted by Crippen LogP contribution is 2.35. The second-order valence-corrected chi connectivity index (χ2v) is 11.3. The quantitative estimate of drug-likeness (QED) is 0.475. The summed E-state index contributed by atoms with van der Waals surface area (Å²) in [6, 6.07) is 0. The summed E-state index contributed by atoms with van der Waals surface area (Å²) in [6.07, 6.45) is 4.86. The van der Waals surface area contributed by atoms with Crippen molar-refractivity contribution in [3.63, 3.8) is 0 Å². The van der Waals surface area contributed by atoms with Crippen molar-refractivity contribution >= 4 is 17.3 Å². The van der Waals surface area contributed by atoms with E-state index in [9.17, 15) is 9.90 Å². The molecule has 3 heterocycles. The zero-order valence-corrected chi connectivity index (χ0v) is 22.8. The van der Waals surface area contributed by atoms with Gasteiger partial charge < -0.3 is 20.3 Å². The van der Waals surface area contributed by atoms with Crippen molar-refractivity contribution in [3.05, 3.63) is 20.9 Å². The third-order valence-corrected chi connectivity index (χ3v) is 6.64. The van der Waals surface area contributed by atoms with Crippen LogP contribution >= 0.6 is 11.3 Å². The highest BCUT2D eigenvalue weighted by Gasteiger charge is 2.26. The molecule has 3 N–H and O–H groups in total. The number of ether oxygens (including phenoxy) is 1. The van der Waals surface area contributed by atoms with Gasteiger partial charge in [0.05, 0.1) is 11.2 Å². The van der Waals surface area contributed by atoms with Crippen LogP contribution in [-0.2, 0) is 4.74 Å². The van der Waals surface area contributed by atoms with Crippen LogP contribution in [0.2, 0.25) is 0 Å². The van der Waals surface area contributed by atoms with Gasteiger partial charge in [0.15, 0.2) is 0 Å². The normalized spacial score (nSPS) is 18.7. The van der Waals surface area contributed by atoms with E-state index in [0.29, 0.717) is 11.5 Å². The van der Waals surface area contributed by atoms with Gasteiger partial charge in [0.2, 0.25) is 0 Å². The highest BCUT2D eigenvalue weighted by atomic mass is 32.1. The molecule has 3 rings (SSSR count). The minimum Gasteiger partial charge on any atom is -0.478 e. The Balaban J connectivity index is 0.000000480. The molecule has 2 saturated heterocycles. The lowest BCUT2D eigenvalue weighted by Crippen LogP contribution is -2.19. The highest BCUT2D eigenvalue weighted by molar-refractivity contribution is 7.12. The lowest BCUT2D eigenvalue weighted by atomic mass is 9.89. The predicted octanol–water partition coefficient (Wildman–Crippen LogP) is 6.40. The van der Waals surface area contributed by atoms with E-state index in [1.165, 1.54) is 19.3 Å². The van der Waals surface area contributed by atoms with Crippen LogP contribution in [0.5, 0.6) is 0 Å². The molecule has 5 nitrogen and oxygen atoms in total. The lowest BCUT2D eigenvalue weighted by molar-refractivity contribution is 0.0523. The van der Waals surface area contributed by atoms with E-state index in [4.69, 9.17) is 9.84 Å². The van der Waals surface area contributed by atoms with Gasteiger partial charge in [-0.15, -0.1) is 11.3 Å². The number of carboxylic acids is 1. The summed E-state index contributed by atoms with van der Waals surface area (Å²) in [6.45, 7) is 21.9. The van der Waals surface area contributed by atoms with Crippen LogP contribution < -0.4 is 5.32 Å². The summed E-state index contributed by atoms with van der Waals surface area (Å²) in [5.74, 6) is 1.40. The lowest BCUT2D eigenvalue weighted by Gasteiger charge is -2.24. The minimum atomic E-state index is -0.779. The van der Waals surface area contributed by atoms with Crippen LogP contribution in [0.1, 0.15) is 106 Å². The Hall–Kier alpha value is -0.950. The van der Waals surface area contributed by atoms with Crippen LogP contribution in [-0.4, -0.2) is 48.1 Å². The van der Waals surface area contributed by atoms with Gasteiger partial charge in [-0.05, 0) is 77.8 Å². The molecule has 0 radical (unpaired) electrons. The SMILES string of the molecule is CC(C)(C)O.CC(C)C1CCOCC1.CCC.Cc1sc(C2CCNC2)c(C(=O)O)c1C. The van der Waals surface area contributed by atoms with Gasteiger partial charge in [0.1, 0.15) is 0 Å². The molecule has 2 aliphatic rings. The number of hydrogen-bond donors (Lipinski definition) is 3. The first-order valence-corrected chi connectivity index (χ1v) is 13.0. The summed E-state index contributed by atoms with van der Waals surface area (Å²) in [7, 11) is 0. The van der Waals surface area contributed by atoms with E-state index >= 15 is 0 Å². The zero-order valence-electron chi connectivity index (χ0n) is 22.0. The Morgan fingerprint density at radius 3 is 2.00 bits per heavy atom. The Bertz CT molecular complexity index is 631. The molecule has 1 aromatic heterocycles. The molecule has 0 saturated carbocycles. The molecule has 1 aromatic rings. The molecule has 188 valence electrons. The van der Waals surface area contributed by atoms with Crippen molar-refractivity contribution in [3.8, 4) is 0 Å². The number of rotatable bonds is 3. The Morgan fingerprint density at radius 1 is 1.16 bits per heavy atom. The fraction of sp³-hybridized carbons (Fsp3) is 0.808. The van der Waals surface area contributed by atoms with Crippen LogP contribution in [0.4, 0.5) is 0 Å². The van der Waals surface area contributed by atoms with Gasteiger partial charge in [0, 0.05) is 35.4 Å². The number of carboxylic acid groups (broad SMARTS) is 1. The fourth-order valence-electron chi connectivity index (χ4n) is 3.47. The number of aromatic carboxylic acids is 1. The molecule has 0 bridgehead atoms. The first-order chi connectivity index (χ1) is 14.8. The van der Waals surface area contributed by atoms with E-state index in [1.54, 1.807) is 32.1 Å². The van der Waals surface area contributed by atoms with Crippen molar-refractivity contribution in [2.45, 2.75) is 99.5 Å². The average Bonchev–Trinajstić information content (AvgIpc) is 3.31. The molecule has 2 fully saturated rings. The van der Waals surface area contributed by atoms with Gasteiger partial charge in [0.25, 0.3) is 0 Å². The third kappa shape index (κ3) is 12.9. The molecule has 2 aliphatic heterocycles. The second kappa shape index (κ2) is 15.8. The van der Waals surface area contributed by atoms with Gasteiger partial charge >= 0.3 is 5.97 Å². The van der Waals surface area contributed by atoms with Crippen molar-refractivity contribution < 1.29 is 19.7 Å².